The predicted octanol–water partition coefficient (Wildman–Crippen LogP) is 4.78. The number of ether oxygens (including phenoxy) is 3. The highest BCUT2D eigenvalue weighted by Crippen LogP contribution is 2.39. The topological polar surface area (TPSA) is 100 Å². The number of methoxy groups -OCH3 is 2. The van der Waals surface area contributed by atoms with Crippen molar-refractivity contribution in [3.05, 3.63) is 42.5 Å². The molecule has 4 aromatic rings. The summed E-state index contributed by atoms with van der Waals surface area (Å²) in [7, 11) is 2.48. The fourth-order valence-electron chi connectivity index (χ4n) is 4.30. The van der Waals surface area contributed by atoms with Crippen LogP contribution in [0, 0.1) is 0 Å². The zero-order chi connectivity index (χ0) is 30.4. The van der Waals surface area contributed by atoms with Gasteiger partial charge in [-0.15, -0.1) is 0 Å². The molecule has 1 fully saturated rings. The summed E-state index contributed by atoms with van der Waals surface area (Å²) < 4.78 is 126. The summed E-state index contributed by atoms with van der Waals surface area (Å²) in [4.78, 5) is 16.2. The third-order valence-electron chi connectivity index (χ3n) is 6.20. The molecule has 18 heteroatoms. The van der Waals surface area contributed by atoms with E-state index in [1.54, 1.807) is 0 Å². The molecule has 10 nitrogen and oxygen atoms in total. The maximum Gasteiger partial charge on any atom is 0.433 e. The van der Waals surface area contributed by atoms with Gasteiger partial charge in [0.1, 0.15) is 12.2 Å². The van der Waals surface area contributed by atoms with Gasteiger partial charge in [-0.05, 0) is 12.1 Å². The molecule has 4 aromatic heterocycles. The van der Waals surface area contributed by atoms with E-state index in [1.807, 2.05) is 0 Å². The molecule has 0 amide bonds. The van der Waals surface area contributed by atoms with Gasteiger partial charge in [0.25, 0.3) is 0 Å². The van der Waals surface area contributed by atoms with Crippen molar-refractivity contribution in [3.63, 3.8) is 0 Å². The van der Waals surface area contributed by atoms with Gasteiger partial charge in [0.15, 0.2) is 6.10 Å². The highest BCUT2D eigenvalue weighted by atomic mass is 19.4. The van der Waals surface area contributed by atoms with Gasteiger partial charge in [0.05, 0.1) is 50.3 Å². The molecule has 1 atom stereocenters. The number of halogens is 8. The Morgan fingerprint density at radius 3 is 2.38 bits per heavy atom. The standard InChI is InChI=1S/C24H19F8N7O3/c1-40-20-14(8-34-21(37-20)41-2)15-3-13(4-17(36-15)24(30,31)32)38-9-18(22(25,26)10-38)42-19-5-16-12(6-33-19)7-35-39(16)11-23(27,28)29/h3-8,18H,9-11H2,1-2H3/t18-/m0/s1. The Kier molecular flexibility index (Phi) is 7.18. The molecule has 0 radical (unpaired) electrons. The monoisotopic (exact) mass is 605 g/mol. The van der Waals surface area contributed by atoms with Gasteiger partial charge in [-0.3, -0.25) is 4.68 Å². The first-order chi connectivity index (χ1) is 19.7. The Balaban J connectivity index is 1.46. The number of nitrogens with zero attached hydrogens (tertiary/aromatic N) is 7. The average Bonchev–Trinajstić information content (AvgIpc) is 3.45. The number of hydrogen-bond donors (Lipinski definition) is 0. The zero-order valence-corrected chi connectivity index (χ0v) is 21.5. The number of fused-ring (bicyclic) bond motifs is 1. The van der Waals surface area contributed by atoms with E-state index in [9.17, 15) is 26.3 Å². The van der Waals surface area contributed by atoms with Gasteiger partial charge < -0.3 is 19.1 Å². The molecule has 224 valence electrons. The Bertz CT molecular complexity index is 1610. The summed E-state index contributed by atoms with van der Waals surface area (Å²) in [6.45, 7) is -3.06. The minimum absolute atomic E-state index is 0.0558. The van der Waals surface area contributed by atoms with Crippen molar-refractivity contribution in [1.82, 2.24) is 29.7 Å². The van der Waals surface area contributed by atoms with Crippen molar-refractivity contribution in [2.24, 2.45) is 0 Å². The summed E-state index contributed by atoms with van der Waals surface area (Å²) in [5.74, 6) is -4.17. The summed E-state index contributed by atoms with van der Waals surface area (Å²) in [5.41, 5.74) is -2.05. The summed E-state index contributed by atoms with van der Waals surface area (Å²) in [6, 6.07) is 2.66. The predicted molar refractivity (Wildman–Crippen MR) is 129 cm³/mol. The number of alkyl halides is 8. The van der Waals surface area contributed by atoms with Crippen LogP contribution in [-0.2, 0) is 12.7 Å². The zero-order valence-electron chi connectivity index (χ0n) is 21.5. The first kappa shape index (κ1) is 29.0. The lowest BCUT2D eigenvalue weighted by molar-refractivity contribution is -0.142. The van der Waals surface area contributed by atoms with E-state index in [4.69, 9.17) is 14.2 Å². The second-order valence-corrected chi connectivity index (χ2v) is 9.12. The molecule has 0 unspecified atom stereocenters. The SMILES string of the molecule is COc1ncc(-c2cc(N3C[C@H](Oc4cc5c(cn4)cnn5CC(F)(F)F)C(F)(F)C3)cc(C(F)(F)F)n2)c(OC)n1. The van der Waals surface area contributed by atoms with Gasteiger partial charge in [0.2, 0.25) is 11.8 Å². The molecule has 1 saturated heterocycles. The van der Waals surface area contributed by atoms with Crippen LogP contribution in [0.3, 0.4) is 0 Å². The molecule has 0 bridgehead atoms. The molecule has 0 saturated carbocycles. The van der Waals surface area contributed by atoms with Gasteiger partial charge in [0, 0.05) is 29.5 Å². The lowest BCUT2D eigenvalue weighted by atomic mass is 10.1. The molecule has 5 rings (SSSR count). The average molecular weight is 605 g/mol. The third kappa shape index (κ3) is 5.91. The molecule has 1 aliphatic heterocycles. The minimum Gasteiger partial charge on any atom is -0.480 e. The van der Waals surface area contributed by atoms with Crippen LogP contribution in [0.25, 0.3) is 22.2 Å². The molecular formula is C24H19F8N7O3. The third-order valence-corrected chi connectivity index (χ3v) is 6.20. The normalized spacial score (nSPS) is 17.1. The second-order valence-electron chi connectivity index (χ2n) is 9.12. The maximum atomic E-state index is 15.1. The molecule has 5 heterocycles. The molecule has 1 aliphatic rings. The smallest absolute Gasteiger partial charge is 0.433 e. The molecule has 0 aliphatic carbocycles. The summed E-state index contributed by atoms with van der Waals surface area (Å²) >= 11 is 0. The van der Waals surface area contributed by atoms with Crippen LogP contribution in [0.1, 0.15) is 5.69 Å². The highest BCUT2D eigenvalue weighted by molar-refractivity contribution is 5.78. The number of aromatic nitrogens is 6. The Morgan fingerprint density at radius 1 is 0.952 bits per heavy atom. The summed E-state index contributed by atoms with van der Waals surface area (Å²) in [5, 5.41) is 3.86. The van der Waals surface area contributed by atoms with E-state index in [2.05, 4.69) is 25.0 Å². The van der Waals surface area contributed by atoms with Crippen molar-refractivity contribution in [2.45, 2.75) is 30.9 Å². The van der Waals surface area contributed by atoms with Crippen molar-refractivity contribution >= 4 is 16.6 Å². The fourth-order valence-corrected chi connectivity index (χ4v) is 4.30. The van der Waals surface area contributed by atoms with Crippen molar-refractivity contribution in [2.75, 3.05) is 32.2 Å². The molecule has 0 aromatic carbocycles. The van der Waals surface area contributed by atoms with Crippen molar-refractivity contribution in [1.29, 1.82) is 0 Å². The van der Waals surface area contributed by atoms with Gasteiger partial charge in [-0.2, -0.15) is 36.4 Å². The van der Waals surface area contributed by atoms with Crippen LogP contribution < -0.4 is 19.1 Å². The molecule has 42 heavy (non-hydrogen) atoms. The van der Waals surface area contributed by atoms with E-state index < -0.39 is 55.6 Å². The molecular weight excluding hydrogens is 586 g/mol. The maximum absolute atomic E-state index is 15.1. The Hall–Kier alpha value is -4.51. The molecule has 0 N–H and O–H groups in total. The number of anilines is 1. The van der Waals surface area contributed by atoms with E-state index in [0.717, 1.165) is 35.6 Å². The number of hydrogen-bond acceptors (Lipinski definition) is 9. The fraction of sp³-hybridized carbons (Fsp3) is 0.375. The van der Waals surface area contributed by atoms with Gasteiger partial charge in [-0.1, -0.05) is 0 Å². The van der Waals surface area contributed by atoms with E-state index in [0.29, 0.717) is 10.7 Å². The second kappa shape index (κ2) is 10.4. The van der Waals surface area contributed by atoms with Gasteiger partial charge >= 0.3 is 24.3 Å². The quantitative estimate of drug-likeness (QED) is 0.276. The molecule has 0 spiro atoms. The Morgan fingerprint density at radius 2 is 1.71 bits per heavy atom. The summed E-state index contributed by atoms with van der Waals surface area (Å²) in [6.07, 6.45) is -8.08. The minimum atomic E-state index is -4.94. The largest absolute Gasteiger partial charge is 0.480 e. The van der Waals surface area contributed by atoms with Crippen LogP contribution >= 0.6 is 0 Å². The lowest BCUT2D eigenvalue weighted by Gasteiger charge is -2.20. The van der Waals surface area contributed by atoms with E-state index in [-0.39, 0.29) is 39.7 Å². The highest BCUT2D eigenvalue weighted by Gasteiger charge is 2.51. The van der Waals surface area contributed by atoms with Crippen LogP contribution in [0.4, 0.5) is 40.8 Å². The van der Waals surface area contributed by atoms with E-state index in [1.165, 1.54) is 14.2 Å². The first-order valence-corrected chi connectivity index (χ1v) is 11.9. The lowest BCUT2D eigenvalue weighted by Crippen LogP contribution is -2.36. The first-order valence-electron chi connectivity index (χ1n) is 11.9. The van der Waals surface area contributed by atoms with E-state index >= 15 is 8.78 Å². The van der Waals surface area contributed by atoms with Gasteiger partial charge in [-0.25, -0.2) is 23.7 Å². The number of pyridine rings is 2. The van der Waals surface area contributed by atoms with Crippen molar-refractivity contribution in [3.8, 4) is 29.0 Å². The number of rotatable bonds is 7. The van der Waals surface area contributed by atoms with Crippen LogP contribution in [-0.4, -0.2) is 75.2 Å². The van der Waals surface area contributed by atoms with Crippen LogP contribution in [0.15, 0.2) is 36.8 Å². The van der Waals surface area contributed by atoms with Crippen LogP contribution in [0.2, 0.25) is 0 Å². The van der Waals surface area contributed by atoms with Crippen LogP contribution in [0.5, 0.6) is 17.8 Å². The van der Waals surface area contributed by atoms with Crippen molar-refractivity contribution < 1.29 is 49.3 Å². The Labute approximate surface area is 230 Å².